The molecule has 2 aliphatic rings. The Labute approximate surface area is 169 Å². The van der Waals surface area contributed by atoms with Gasteiger partial charge in [-0.15, -0.1) is 0 Å². The highest BCUT2D eigenvalue weighted by atomic mass is 16.6. The van der Waals surface area contributed by atoms with Crippen LogP contribution in [-0.4, -0.2) is 53.5 Å². The van der Waals surface area contributed by atoms with Gasteiger partial charge in [0.05, 0.1) is 25.5 Å². The predicted octanol–water partition coefficient (Wildman–Crippen LogP) is 3.04. The maximum atomic E-state index is 12.8. The predicted molar refractivity (Wildman–Crippen MR) is 109 cm³/mol. The summed E-state index contributed by atoms with van der Waals surface area (Å²) in [7, 11) is 0. The van der Waals surface area contributed by atoms with E-state index in [1.165, 1.54) is 11.1 Å². The zero-order valence-corrected chi connectivity index (χ0v) is 16.1. The lowest BCUT2D eigenvalue weighted by atomic mass is 9.98. The van der Waals surface area contributed by atoms with Crippen LogP contribution < -0.4 is 0 Å². The molecule has 0 saturated carbocycles. The van der Waals surface area contributed by atoms with Crippen molar-refractivity contribution < 1.29 is 14.3 Å². The fraction of sp³-hybridized carbons (Fsp3) is 0.304. The molecule has 1 fully saturated rings. The summed E-state index contributed by atoms with van der Waals surface area (Å²) in [6.45, 7) is 2.57. The lowest BCUT2D eigenvalue weighted by Crippen LogP contribution is -2.47. The number of H-pyrrole nitrogens is 1. The van der Waals surface area contributed by atoms with Gasteiger partial charge in [-0.25, -0.2) is 0 Å². The smallest absolute Gasteiger partial charge is 0.254 e. The molecule has 0 radical (unpaired) electrons. The first-order chi connectivity index (χ1) is 14.3. The Bertz CT molecular complexity index is 992. The Morgan fingerprint density at radius 1 is 1.00 bits per heavy atom. The van der Waals surface area contributed by atoms with Gasteiger partial charge >= 0.3 is 0 Å². The van der Waals surface area contributed by atoms with Crippen molar-refractivity contribution in [2.75, 3.05) is 26.4 Å². The highest BCUT2D eigenvalue weighted by Gasteiger charge is 2.31. The standard InChI is InChI=1S/C23H23N3O3/c27-23(21-15-28-12-13-29-21)26-11-10-20-19(14-26)22(25-24-20)18-8-6-17(7-9-18)16-4-2-1-3-5-16/h1-9,21H,10-15H2,(H,24,25). The molecule has 1 aromatic heterocycles. The Morgan fingerprint density at radius 3 is 2.52 bits per heavy atom. The molecule has 1 N–H and O–H groups in total. The van der Waals surface area contributed by atoms with Gasteiger partial charge < -0.3 is 14.4 Å². The van der Waals surface area contributed by atoms with Crippen LogP contribution in [-0.2, 0) is 27.2 Å². The van der Waals surface area contributed by atoms with Gasteiger partial charge in [-0.2, -0.15) is 5.10 Å². The Balaban J connectivity index is 1.37. The second kappa shape index (κ2) is 7.81. The summed E-state index contributed by atoms with van der Waals surface area (Å²) in [5.41, 5.74) is 6.53. The van der Waals surface area contributed by atoms with E-state index < -0.39 is 6.10 Å². The third-order valence-electron chi connectivity index (χ3n) is 5.60. The van der Waals surface area contributed by atoms with E-state index in [2.05, 4.69) is 46.6 Å². The number of rotatable bonds is 3. The molecule has 1 saturated heterocycles. The third kappa shape index (κ3) is 3.57. The van der Waals surface area contributed by atoms with Crippen molar-refractivity contribution in [3.05, 3.63) is 65.9 Å². The highest BCUT2D eigenvalue weighted by molar-refractivity contribution is 5.82. The highest BCUT2D eigenvalue weighted by Crippen LogP contribution is 2.30. The van der Waals surface area contributed by atoms with Crippen LogP contribution >= 0.6 is 0 Å². The molecule has 29 heavy (non-hydrogen) atoms. The lowest BCUT2D eigenvalue weighted by Gasteiger charge is -2.32. The Morgan fingerprint density at radius 2 is 1.76 bits per heavy atom. The fourth-order valence-electron chi connectivity index (χ4n) is 4.01. The molecule has 3 aromatic rings. The number of benzene rings is 2. The van der Waals surface area contributed by atoms with E-state index in [1.54, 1.807) is 0 Å². The van der Waals surface area contributed by atoms with Gasteiger partial charge in [0.2, 0.25) is 0 Å². The molecular formula is C23H23N3O3. The molecule has 0 spiro atoms. The van der Waals surface area contributed by atoms with E-state index in [-0.39, 0.29) is 5.91 Å². The number of carbonyl (C=O) groups excluding carboxylic acids is 1. The number of hydrogen-bond donors (Lipinski definition) is 1. The maximum absolute atomic E-state index is 12.8. The molecular weight excluding hydrogens is 366 g/mol. The summed E-state index contributed by atoms with van der Waals surface area (Å²) in [5, 5.41) is 7.72. The monoisotopic (exact) mass is 389 g/mol. The van der Waals surface area contributed by atoms with Gasteiger partial charge in [0.15, 0.2) is 6.10 Å². The average Bonchev–Trinajstić information content (AvgIpc) is 3.23. The van der Waals surface area contributed by atoms with Crippen LogP contribution in [0.4, 0.5) is 0 Å². The fourth-order valence-corrected chi connectivity index (χ4v) is 4.01. The minimum atomic E-state index is -0.495. The second-order valence-corrected chi connectivity index (χ2v) is 7.42. The Kier molecular flexibility index (Phi) is 4.87. The van der Waals surface area contributed by atoms with E-state index >= 15 is 0 Å². The summed E-state index contributed by atoms with van der Waals surface area (Å²) in [6.07, 6.45) is 0.273. The van der Waals surface area contributed by atoms with Crippen molar-refractivity contribution in [3.63, 3.8) is 0 Å². The summed E-state index contributed by atoms with van der Waals surface area (Å²) in [6, 6.07) is 18.7. The summed E-state index contributed by atoms with van der Waals surface area (Å²) in [5.74, 6) is 0.00178. The Hall–Kier alpha value is -2.96. The number of ether oxygens (including phenoxy) is 2. The molecule has 5 rings (SSSR count). The van der Waals surface area contributed by atoms with Crippen LogP contribution in [0.2, 0.25) is 0 Å². The molecule has 1 atom stereocenters. The summed E-state index contributed by atoms with van der Waals surface area (Å²) >= 11 is 0. The van der Waals surface area contributed by atoms with Crippen molar-refractivity contribution in [3.8, 4) is 22.4 Å². The summed E-state index contributed by atoms with van der Waals surface area (Å²) < 4.78 is 11.0. The van der Waals surface area contributed by atoms with Crippen LogP contribution in [0.25, 0.3) is 22.4 Å². The van der Waals surface area contributed by atoms with Gasteiger partial charge in [-0.3, -0.25) is 9.89 Å². The normalized spacial score (nSPS) is 19.0. The van der Waals surface area contributed by atoms with Crippen molar-refractivity contribution in [2.45, 2.75) is 19.1 Å². The number of fused-ring (bicyclic) bond motifs is 1. The first-order valence-electron chi connectivity index (χ1n) is 10.00. The van der Waals surface area contributed by atoms with E-state index in [1.807, 2.05) is 23.1 Å². The van der Waals surface area contributed by atoms with Crippen molar-refractivity contribution >= 4 is 5.91 Å². The number of carbonyl (C=O) groups is 1. The molecule has 2 aliphatic heterocycles. The second-order valence-electron chi connectivity index (χ2n) is 7.42. The number of aromatic nitrogens is 2. The maximum Gasteiger partial charge on any atom is 0.254 e. The lowest BCUT2D eigenvalue weighted by molar-refractivity contribution is -0.158. The van der Waals surface area contributed by atoms with Gasteiger partial charge in [0.1, 0.15) is 0 Å². The average molecular weight is 389 g/mol. The van der Waals surface area contributed by atoms with E-state index in [0.29, 0.717) is 32.9 Å². The number of amides is 1. The summed E-state index contributed by atoms with van der Waals surface area (Å²) in [4.78, 5) is 14.7. The van der Waals surface area contributed by atoms with Crippen LogP contribution in [0, 0.1) is 0 Å². The molecule has 3 heterocycles. The van der Waals surface area contributed by atoms with Crippen molar-refractivity contribution in [2.24, 2.45) is 0 Å². The zero-order valence-electron chi connectivity index (χ0n) is 16.1. The third-order valence-corrected chi connectivity index (χ3v) is 5.60. The van der Waals surface area contributed by atoms with Gasteiger partial charge in [-0.1, -0.05) is 54.6 Å². The quantitative estimate of drug-likeness (QED) is 0.748. The van der Waals surface area contributed by atoms with Gasteiger partial charge in [0, 0.05) is 36.3 Å². The first-order valence-corrected chi connectivity index (χ1v) is 10.00. The van der Waals surface area contributed by atoms with E-state index in [9.17, 15) is 4.79 Å². The molecule has 2 aromatic carbocycles. The molecule has 6 heteroatoms. The number of hydrogen-bond acceptors (Lipinski definition) is 4. The molecule has 1 unspecified atom stereocenters. The van der Waals surface area contributed by atoms with Crippen LogP contribution in [0.3, 0.4) is 0 Å². The van der Waals surface area contributed by atoms with E-state index in [0.717, 1.165) is 28.9 Å². The minimum absolute atomic E-state index is 0.00178. The van der Waals surface area contributed by atoms with Crippen LogP contribution in [0.5, 0.6) is 0 Å². The van der Waals surface area contributed by atoms with E-state index in [4.69, 9.17) is 9.47 Å². The van der Waals surface area contributed by atoms with Crippen LogP contribution in [0.15, 0.2) is 54.6 Å². The van der Waals surface area contributed by atoms with Gasteiger partial charge in [0.25, 0.3) is 5.91 Å². The number of aromatic amines is 1. The molecule has 148 valence electrons. The SMILES string of the molecule is O=C(C1COCCO1)N1CCc2[nH]nc(-c3ccc(-c4ccccc4)cc3)c2C1. The zero-order chi connectivity index (χ0) is 19.6. The first kappa shape index (κ1) is 18.1. The molecule has 1 amide bonds. The van der Waals surface area contributed by atoms with Crippen molar-refractivity contribution in [1.82, 2.24) is 15.1 Å². The molecule has 0 aliphatic carbocycles. The van der Waals surface area contributed by atoms with Gasteiger partial charge in [-0.05, 0) is 11.1 Å². The minimum Gasteiger partial charge on any atom is -0.376 e. The molecule has 0 bridgehead atoms. The topological polar surface area (TPSA) is 67.5 Å². The largest absolute Gasteiger partial charge is 0.376 e. The van der Waals surface area contributed by atoms with Crippen LogP contribution in [0.1, 0.15) is 11.3 Å². The van der Waals surface area contributed by atoms with Crippen molar-refractivity contribution in [1.29, 1.82) is 0 Å². The number of nitrogens with zero attached hydrogens (tertiary/aromatic N) is 2. The number of nitrogens with one attached hydrogen (secondary N) is 1. The molecule has 6 nitrogen and oxygen atoms in total.